The summed E-state index contributed by atoms with van der Waals surface area (Å²) in [6.45, 7) is 6.52. The van der Waals surface area contributed by atoms with Crippen LogP contribution < -0.4 is 0 Å². The lowest BCUT2D eigenvalue weighted by molar-refractivity contribution is -0.161. The lowest BCUT2D eigenvalue weighted by Crippen LogP contribution is -2.28. The van der Waals surface area contributed by atoms with Crippen LogP contribution in [0.25, 0.3) is 0 Å². The predicted molar refractivity (Wildman–Crippen MR) is 196 cm³/mol. The van der Waals surface area contributed by atoms with E-state index in [-0.39, 0.29) is 25.2 Å². The van der Waals surface area contributed by atoms with E-state index in [9.17, 15) is 14.7 Å². The van der Waals surface area contributed by atoms with Crippen molar-refractivity contribution in [3.8, 4) is 0 Å². The molecule has 1 atom stereocenters. The van der Waals surface area contributed by atoms with Gasteiger partial charge in [-0.25, -0.2) is 0 Å². The fourth-order valence-corrected chi connectivity index (χ4v) is 6.21. The molecule has 0 radical (unpaired) electrons. The molecule has 0 spiro atoms. The van der Waals surface area contributed by atoms with Crippen molar-refractivity contribution < 1.29 is 24.2 Å². The summed E-state index contributed by atoms with van der Waals surface area (Å²) in [4.78, 5) is 24.3. The molecule has 0 amide bonds. The third-order valence-electron chi connectivity index (χ3n) is 9.33. The van der Waals surface area contributed by atoms with Gasteiger partial charge in [0.1, 0.15) is 6.61 Å². The van der Waals surface area contributed by atoms with Gasteiger partial charge in [-0.3, -0.25) is 9.59 Å². The Balaban J connectivity index is 3.48. The van der Waals surface area contributed by atoms with E-state index in [1.54, 1.807) is 0 Å². The molecule has 0 saturated heterocycles. The van der Waals surface area contributed by atoms with Crippen molar-refractivity contribution in [2.45, 2.75) is 232 Å². The van der Waals surface area contributed by atoms with E-state index in [0.29, 0.717) is 12.8 Å². The molecule has 0 aliphatic rings. The van der Waals surface area contributed by atoms with Crippen LogP contribution in [0.4, 0.5) is 0 Å². The molecular formula is C41H80O5. The number of hydrogen-bond acceptors (Lipinski definition) is 5. The fourth-order valence-electron chi connectivity index (χ4n) is 6.21. The molecule has 0 bridgehead atoms. The van der Waals surface area contributed by atoms with E-state index in [4.69, 9.17) is 9.47 Å². The third-order valence-corrected chi connectivity index (χ3v) is 9.33. The molecule has 0 aromatic heterocycles. The second-order valence-electron chi connectivity index (χ2n) is 14.6. The molecule has 0 heterocycles. The van der Waals surface area contributed by atoms with Gasteiger partial charge in [0.2, 0.25) is 0 Å². The Hall–Kier alpha value is -1.10. The summed E-state index contributed by atoms with van der Waals surface area (Å²) in [6, 6.07) is 0. The van der Waals surface area contributed by atoms with Gasteiger partial charge < -0.3 is 14.6 Å². The van der Waals surface area contributed by atoms with E-state index in [1.807, 2.05) is 0 Å². The van der Waals surface area contributed by atoms with Crippen molar-refractivity contribution in [3.05, 3.63) is 0 Å². The SMILES string of the molecule is CCCCCCCCCCCCCCCCC(=O)O[C@@H](CO)COC(=O)CCCCCCCCCCCCCCCCCC(C)C. The largest absolute Gasteiger partial charge is 0.462 e. The average Bonchev–Trinajstić information content (AvgIpc) is 3.04. The molecule has 0 aromatic carbocycles. The number of unbranched alkanes of at least 4 members (excludes halogenated alkanes) is 27. The number of aliphatic hydroxyl groups is 1. The first-order valence-electron chi connectivity index (χ1n) is 20.5. The third kappa shape index (κ3) is 35.7. The quantitative estimate of drug-likeness (QED) is 0.0534. The first kappa shape index (κ1) is 44.9. The molecule has 0 aliphatic carbocycles. The lowest BCUT2D eigenvalue weighted by atomic mass is 10.0. The molecule has 5 heteroatoms. The molecule has 0 rings (SSSR count). The maximum atomic E-state index is 12.2. The lowest BCUT2D eigenvalue weighted by Gasteiger charge is -2.15. The summed E-state index contributed by atoms with van der Waals surface area (Å²) in [7, 11) is 0. The first-order chi connectivity index (χ1) is 22.5. The Labute approximate surface area is 287 Å². The van der Waals surface area contributed by atoms with E-state index in [0.717, 1.165) is 38.0 Å². The van der Waals surface area contributed by atoms with Gasteiger partial charge in [-0.2, -0.15) is 0 Å². The normalized spacial score (nSPS) is 12.1. The summed E-state index contributed by atoms with van der Waals surface area (Å²) in [6.07, 6.45) is 38.8. The topological polar surface area (TPSA) is 72.8 Å². The Kier molecular flexibility index (Phi) is 35.9. The molecule has 46 heavy (non-hydrogen) atoms. The molecule has 0 aliphatic heterocycles. The zero-order valence-corrected chi connectivity index (χ0v) is 31.3. The van der Waals surface area contributed by atoms with Crippen LogP contribution in [0.3, 0.4) is 0 Å². The van der Waals surface area contributed by atoms with Gasteiger partial charge in [0.15, 0.2) is 6.10 Å². The summed E-state index contributed by atoms with van der Waals surface area (Å²) >= 11 is 0. The van der Waals surface area contributed by atoms with Gasteiger partial charge in [-0.05, 0) is 18.8 Å². The zero-order valence-electron chi connectivity index (χ0n) is 31.3. The first-order valence-corrected chi connectivity index (χ1v) is 20.5. The van der Waals surface area contributed by atoms with Gasteiger partial charge in [0.05, 0.1) is 6.61 Å². The minimum Gasteiger partial charge on any atom is -0.462 e. The van der Waals surface area contributed by atoms with Crippen molar-refractivity contribution in [1.82, 2.24) is 0 Å². The van der Waals surface area contributed by atoms with Crippen LogP contribution in [0.15, 0.2) is 0 Å². The van der Waals surface area contributed by atoms with Crippen LogP contribution in [0, 0.1) is 5.92 Å². The van der Waals surface area contributed by atoms with Crippen LogP contribution in [-0.2, 0) is 19.1 Å². The number of ether oxygens (including phenoxy) is 2. The van der Waals surface area contributed by atoms with Crippen molar-refractivity contribution >= 4 is 11.9 Å². The second-order valence-corrected chi connectivity index (χ2v) is 14.6. The maximum Gasteiger partial charge on any atom is 0.306 e. The van der Waals surface area contributed by atoms with E-state index in [1.165, 1.54) is 161 Å². The standard InChI is InChI=1S/C41H80O5/c1-4-5-6-7-8-9-10-11-16-20-23-26-29-32-35-41(44)46-39(36-42)37-45-40(43)34-31-28-25-22-19-17-14-12-13-15-18-21-24-27-30-33-38(2)3/h38-39,42H,4-37H2,1-3H3/t39-/m0/s1. The van der Waals surface area contributed by atoms with Crippen LogP contribution in [0.1, 0.15) is 226 Å². The highest BCUT2D eigenvalue weighted by Gasteiger charge is 2.16. The maximum absolute atomic E-state index is 12.2. The highest BCUT2D eigenvalue weighted by atomic mass is 16.6. The molecule has 0 saturated carbocycles. The smallest absolute Gasteiger partial charge is 0.306 e. The number of rotatable bonds is 37. The van der Waals surface area contributed by atoms with Crippen LogP contribution >= 0.6 is 0 Å². The van der Waals surface area contributed by atoms with E-state index < -0.39 is 6.10 Å². The number of esters is 2. The highest BCUT2D eigenvalue weighted by Crippen LogP contribution is 2.16. The van der Waals surface area contributed by atoms with Crippen molar-refractivity contribution in [3.63, 3.8) is 0 Å². The molecule has 0 fully saturated rings. The van der Waals surface area contributed by atoms with Crippen molar-refractivity contribution in [1.29, 1.82) is 0 Å². The van der Waals surface area contributed by atoms with E-state index >= 15 is 0 Å². The van der Waals surface area contributed by atoms with Crippen molar-refractivity contribution in [2.75, 3.05) is 13.2 Å². The number of aliphatic hydroxyl groups excluding tert-OH is 1. The summed E-state index contributed by atoms with van der Waals surface area (Å²) in [5.74, 6) is 0.280. The Morgan fingerprint density at radius 1 is 0.478 bits per heavy atom. The summed E-state index contributed by atoms with van der Waals surface area (Å²) in [5.41, 5.74) is 0. The molecule has 0 aromatic rings. The number of hydrogen-bond donors (Lipinski definition) is 1. The van der Waals surface area contributed by atoms with Crippen LogP contribution in [0.2, 0.25) is 0 Å². The number of carbonyl (C=O) groups excluding carboxylic acids is 2. The van der Waals surface area contributed by atoms with Crippen LogP contribution in [0.5, 0.6) is 0 Å². The fraction of sp³-hybridized carbons (Fsp3) is 0.951. The highest BCUT2D eigenvalue weighted by molar-refractivity contribution is 5.70. The zero-order chi connectivity index (χ0) is 33.8. The molecule has 5 nitrogen and oxygen atoms in total. The van der Waals surface area contributed by atoms with Gasteiger partial charge in [0.25, 0.3) is 0 Å². The Morgan fingerprint density at radius 2 is 0.804 bits per heavy atom. The molecule has 274 valence electrons. The summed E-state index contributed by atoms with van der Waals surface area (Å²) in [5, 5.41) is 9.55. The van der Waals surface area contributed by atoms with Gasteiger partial charge in [0, 0.05) is 12.8 Å². The molecule has 0 unspecified atom stereocenters. The molecule has 1 N–H and O–H groups in total. The van der Waals surface area contributed by atoms with Crippen molar-refractivity contribution in [2.24, 2.45) is 5.92 Å². The predicted octanol–water partition coefficient (Wildman–Crippen LogP) is 12.6. The minimum atomic E-state index is -0.761. The number of carbonyl (C=O) groups is 2. The second kappa shape index (κ2) is 36.7. The minimum absolute atomic E-state index is 0.0574. The summed E-state index contributed by atoms with van der Waals surface area (Å²) < 4.78 is 10.6. The van der Waals surface area contributed by atoms with E-state index in [2.05, 4.69) is 20.8 Å². The van der Waals surface area contributed by atoms with Crippen LogP contribution in [-0.4, -0.2) is 36.4 Å². The molecular weight excluding hydrogens is 572 g/mol. The van der Waals surface area contributed by atoms with Gasteiger partial charge >= 0.3 is 11.9 Å². The van der Waals surface area contributed by atoms with Gasteiger partial charge in [-0.15, -0.1) is 0 Å². The Bertz CT molecular complexity index is 634. The average molecular weight is 653 g/mol. The van der Waals surface area contributed by atoms with Gasteiger partial charge in [-0.1, -0.05) is 201 Å². The Morgan fingerprint density at radius 3 is 1.15 bits per heavy atom. The monoisotopic (exact) mass is 653 g/mol.